The molecule has 0 saturated carbocycles. The van der Waals surface area contributed by atoms with Crippen molar-refractivity contribution in [1.82, 2.24) is 0 Å². The van der Waals surface area contributed by atoms with Gasteiger partial charge in [0, 0.05) is 12.0 Å². The molecule has 6 heteroatoms. The molecule has 2 aliphatic rings. The summed E-state index contributed by atoms with van der Waals surface area (Å²) in [5.74, 6) is -0.386. The van der Waals surface area contributed by atoms with Gasteiger partial charge in [0.25, 0.3) is 5.69 Å². The maximum absolute atomic E-state index is 13.2. The third-order valence-corrected chi connectivity index (χ3v) is 4.90. The number of rotatable bonds is 2. The van der Waals surface area contributed by atoms with Gasteiger partial charge in [-0.05, 0) is 36.1 Å². The summed E-state index contributed by atoms with van der Waals surface area (Å²) in [7, 11) is 0. The number of allylic oxidation sites excluding steroid dienone is 2. The number of anilines is 1. The second kappa shape index (κ2) is 5.33. The first-order chi connectivity index (χ1) is 11.6. The summed E-state index contributed by atoms with van der Waals surface area (Å²) in [5.41, 5.74) is 1.82. The molecular formula is C18H15FN2O3. The maximum atomic E-state index is 13.2. The number of aromatic hydroxyl groups is 1. The average Bonchev–Trinajstić information content (AvgIpc) is 3.05. The number of benzene rings is 2. The van der Waals surface area contributed by atoms with Crippen LogP contribution in [0, 0.1) is 21.8 Å². The minimum absolute atomic E-state index is 0.00871. The number of hydrogen-bond donors (Lipinski definition) is 2. The van der Waals surface area contributed by atoms with E-state index in [1.165, 1.54) is 24.3 Å². The number of halogens is 1. The van der Waals surface area contributed by atoms with Crippen LogP contribution in [0.1, 0.15) is 29.5 Å². The molecule has 4 rings (SSSR count). The first kappa shape index (κ1) is 14.7. The van der Waals surface area contributed by atoms with E-state index in [9.17, 15) is 19.6 Å². The van der Waals surface area contributed by atoms with E-state index < -0.39 is 4.92 Å². The fraction of sp³-hybridized carbons (Fsp3) is 0.222. The zero-order chi connectivity index (χ0) is 16.8. The fourth-order valence-corrected chi connectivity index (χ4v) is 3.83. The normalized spacial score (nSPS) is 24.1. The summed E-state index contributed by atoms with van der Waals surface area (Å²) in [6.07, 6.45) is 4.75. The molecule has 24 heavy (non-hydrogen) atoms. The Labute approximate surface area is 137 Å². The molecule has 2 aromatic rings. The van der Waals surface area contributed by atoms with E-state index in [2.05, 4.69) is 5.32 Å². The Morgan fingerprint density at radius 2 is 1.96 bits per heavy atom. The molecule has 2 aromatic carbocycles. The van der Waals surface area contributed by atoms with E-state index in [0.29, 0.717) is 11.3 Å². The molecule has 0 fully saturated rings. The van der Waals surface area contributed by atoms with Gasteiger partial charge in [-0.3, -0.25) is 10.1 Å². The van der Waals surface area contributed by atoms with Gasteiger partial charge in [-0.2, -0.15) is 0 Å². The molecule has 3 atom stereocenters. The highest BCUT2D eigenvalue weighted by Crippen LogP contribution is 2.54. The van der Waals surface area contributed by atoms with Crippen molar-refractivity contribution in [3.8, 4) is 5.75 Å². The van der Waals surface area contributed by atoms with Crippen LogP contribution in [-0.4, -0.2) is 10.0 Å². The van der Waals surface area contributed by atoms with Crippen LogP contribution < -0.4 is 5.32 Å². The van der Waals surface area contributed by atoms with Crippen LogP contribution in [0.15, 0.2) is 48.6 Å². The van der Waals surface area contributed by atoms with Gasteiger partial charge in [-0.15, -0.1) is 0 Å². The lowest BCUT2D eigenvalue weighted by Gasteiger charge is -2.37. The Hall–Kier alpha value is -2.89. The highest BCUT2D eigenvalue weighted by atomic mass is 19.1. The summed E-state index contributed by atoms with van der Waals surface area (Å²) in [5, 5.41) is 24.9. The maximum Gasteiger partial charge on any atom is 0.275 e. The molecule has 0 saturated heterocycles. The van der Waals surface area contributed by atoms with Gasteiger partial charge in [0.05, 0.1) is 22.2 Å². The Morgan fingerprint density at radius 1 is 1.21 bits per heavy atom. The molecular weight excluding hydrogens is 311 g/mol. The number of nitro benzene ring substituents is 1. The van der Waals surface area contributed by atoms with Crippen LogP contribution in [0.5, 0.6) is 5.75 Å². The van der Waals surface area contributed by atoms with Crippen LogP contribution in [0.2, 0.25) is 0 Å². The van der Waals surface area contributed by atoms with Crippen LogP contribution in [0.3, 0.4) is 0 Å². The highest BCUT2D eigenvalue weighted by molar-refractivity contribution is 5.73. The average molecular weight is 326 g/mol. The van der Waals surface area contributed by atoms with E-state index in [-0.39, 0.29) is 35.1 Å². The second-order valence-corrected chi connectivity index (χ2v) is 6.18. The van der Waals surface area contributed by atoms with Crippen molar-refractivity contribution in [2.45, 2.75) is 18.4 Å². The predicted octanol–water partition coefficient (Wildman–Crippen LogP) is 4.27. The van der Waals surface area contributed by atoms with Gasteiger partial charge in [0.1, 0.15) is 11.6 Å². The summed E-state index contributed by atoms with van der Waals surface area (Å²) >= 11 is 0. The monoisotopic (exact) mass is 326 g/mol. The molecule has 2 N–H and O–H groups in total. The largest absolute Gasteiger partial charge is 0.506 e. The topological polar surface area (TPSA) is 75.4 Å². The Morgan fingerprint density at radius 3 is 2.67 bits per heavy atom. The lowest BCUT2D eigenvalue weighted by molar-refractivity contribution is -0.385. The quantitative estimate of drug-likeness (QED) is 0.374. The van der Waals surface area contributed by atoms with E-state index in [1.807, 2.05) is 12.2 Å². The number of nitrogens with zero attached hydrogens (tertiary/aromatic N) is 1. The molecule has 0 radical (unpaired) electrons. The van der Waals surface area contributed by atoms with Gasteiger partial charge >= 0.3 is 0 Å². The predicted molar refractivity (Wildman–Crippen MR) is 87.5 cm³/mol. The van der Waals surface area contributed by atoms with Crippen molar-refractivity contribution in [2.75, 3.05) is 5.32 Å². The molecule has 0 spiro atoms. The minimum Gasteiger partial charge on any atom is -0.506 e. The molecule has 0 amide bonds. The van der Waals surface area contributed by atoms with E-state index >= 15 is 0 Å². The van der Waals surface area contributed by atoms with Crippen molar-refractivity contribution in [2.24, 2.45) is 5.92 Å². The number of nitro groups is 1. The number of phenolic OH excluding ortho intramolecular Hbond substituents is 1. The SMILES string of the molecule is O=[N+]([O-])c1ccc(O)c2c1C1C=CCC1C(c1ccc(F)cc1)N2. The summed E-state index contributed by atoms with van der Waals surface area (Å²) in [6.45, 7) is 0. The first-order valence-corrected chi connectivity index (χ1v) is 7.75. The third-order valence-electron chi connectivity index (χ3n) is 4.90. The number of hydrogen-bond acceptors (Lipinski definition) is 4. The highest BCUT2D eigenvalue weighted by Gasteiger charge is 2.42. The molecule has 3 unspecified atom stereocenters. The van der Waals surface area contributed by atoms with E-state index in [1.54, 1.807) is 12.1 Å². The van der Waals surface area contributed by atoms with Crippen molar-refractivity contribution >= 4 is 11.4 Å². The zero-order valence-electron chi connectivity index (χ0n) is 12.6. The van der Waals surface area contributed by atoms with Crippen LogP contribution in [0.25, 0.3) is 0 Å². The Bertz CT molecular complexity index is 848. The minimum atomic E-state index is -0.415. The summed E-state index contributed by atoms with van der Waals surface area (Å²) in [4.78, 5) is 11.0. The van der Waals surface area contributed by atoms with Crippen molar-refractivity contribution in [1.29, 1.82) is 0 Å². The lowest BCUT2D eigenvalue weighted by atomic mass is 9.76. The molecule has 5 nitrogen and oxygen atoms in total. The molecule has 1 heterocycles. The zero-order valence-corrected chi connectivity index (χ0v) is 12.6. The van der Waals surface area contributed by atoms with Gasteiger partial charge in [-0.25, -0.2) is 4.39 Å². The Kier molecular flexibility index (Phi) is 3.26. The van der Waals surface area contributed by atoms with E-state index in [0.717, 1.165) is 12.0 Å². The van der Waals surface area contributed by atoms with Crippen LogP contribution >= 0.6 is 0 Å². The standard InChI is InChI=1S/C18H15FN2O3/c19-11-6-4-10(5-7-11)17-13-3-1-2-12(13)16-14(21(23)24)8-9-15(22)18(16)20-17/h1-2,4-9,12-13,17,20,22H,3H2. The third kappa shape index (κ3) is 2.14. The second-order valence-electron chi connectivity index (χ2n) is 6.18. The smallest absolute Gasteiger partial charge is 0.275 e. The number of nitrogens with one attached hydrogen (secondary N) is 1. The van der Waals surface area contributed by atoms with Crippen LogP contribution in [0.4, 0.5) is 15.8 Å². The number of fused-ring (bicyclic) bond motifs is 3. The fourth-order valence-electron chi connectivity index (χ4n) is 3.83. The molecule has 122 valence electrons. The van der Waals surface area contributed by atoms with Crippen molar-refractivity contribution in [3.05, 3.63) is 75.6 Å². The van der Waals surface area contributed by atoms with Crippen molar-refractivity contribution in [3.63, 3.8) is 0 Å². The lowest BCUT2D eigenvalue weighted by Crippen LogP contribution is -2.29. The van der Waals surface area contributed by atoms with Crippen molar-refractivity contribution < 1.29 is 14.4 Å². The molecule has 0 bridgehead atoms. The Balaban J connectivity index is 1.86. The summed E-state index contributed by atoms with van der Waals surface area (Å²) < 4.78 is 13.2. The van der Waals surface area contributed by atoms with Gasteiger partial charge in [0.15, 0.2) is 0 Å². The van der Waals surface area contributed by atoms with Gasteiger partial charge < -0.3 is 10.4 Å². The van der Waals surface area contributed by atoms with Crippen LogP contribution in [-0.2, 0) is 0 Å². The first-order valence-electron chi connectivity index (χ1n) is 7.75. The number of phenols is 1. The molecule has 1 aliphatic heterocycles. The van der Waals surface area contributed by atoms with Gasteiger partial charge in [-0.1, -0.05) is 24.3 Å². The summed E-state index contributed by atoms with van der Waals surface area (Å²) in [6, 6.07) is 8.76. The molecule has 0 aromatic heterocycles. The van der Waals surface area contributed by atoms with Gasteiger partial charge in [0.2, 0.25) is 0 Å². The van der Waals surface area contributed by atoms with E-state index in [4.69, 9.17) is 0 Å². The molecule has 1 aliphatic carbocycles.